The number of ether oxygens (including phenoxy) is 1. The number of benzene rings is 1. The maximum absolute atomic E-state index is 13.7. The number of piperidine rings is 1. The Morgan fingerprint density at radius 3 is 2.43 bits per heavy atom. The van der Waals surface area contributed by atoms with Crippen molar-refractivity contribution in [3.8, 4) is 17.2 Å². The zero-order chi connectivity index (χ0) is 32.2. The molecule has 9 nitrogen and oxygen atoms in total. The molecule has 2 saturated heterocycles. The minimum Gasteiger partial charge on any atom is -0.444 e. The van der Waals surface area contributed by atoms with Gasteiger partial charge in [0, 0.05) is 38.3 Å². The number of amides is 3. The molecule has 0 unspecified atom stereocenters. The molecule has 3 amide bonds. The van der Waals surface area contributed by atoms with E-state index < -0.39 is 17.7 Å². The lowest BCUT2D eigenvalue weighted by atomic mass is 9.98. The third-order valence-electron chi connectivity index (χ3n) is 8.45. The Labute approximate surface area is 263 Å². The van der Waals surface area contributed by atoms with Gasteiger partial charge >= 0.3 is 6.09 Å². The number of aryl methyl sites for hydroxylation is 1. The van der Waals surface area contributed by atoms with Crippen molar-refractivity contribution < 1.29 is 23.5 Å². The first-order chi connectivity index (χ1) is 20.8. The molecule has 1 N–H and O–H groups in total. The zero-order valence-electron chi connectivity index (χ0n) is 26.6. The molecule has 3 fully saturated rings. The van der Waals surface area contributed by atoms with E-state index in [4.69, 9.17) is 10.00 Å². The molecule has 1 aromatic heterocycles. The number of carbonyl (C=O) groups is 3. The first-order valence-electron chi connectivity index (χ1n) is 15.3. The van der Waals surface area contributed by atoms with E-state index >= 15 is 0 Å². The zero-order valence-corrected chi connectivity index (χ0v) is 27.4. The number of hydrogen-bond donors (Lipinski definition) is 1. The molecular formula is C33H44FN5O4S. The van der Waals surface area contributed by atoms with Gasteiger partial charge in [0.2, 0.25) is 5.91 Å². The average molecular weight is 626 g/mol. The lowest BCUT2D eigenvalue weighted by molar-refractivity contribution is -0.127. The summed E-state index contributed by atoms with van der Waals surface area (Å²) < 4.78 is 19.1. The standard InChI is InChI=1S/C19H23FN2OS.C14H21N3O3/c1-13(2)21-6-8-22(9-7-21)19(23)18-11-16(12-24-18)15-5-4-14(3)17(20)10-15;1-14(2,3)20-13(19)17-10-5-4-9(8-10)11(17)12(18)16-7-6-15/h4-5,10-13H,6-9H2,1-3H3;9-11H,4-5,7-8H2,1-3H3,(H,16,18)/t;9-,10+,11-/m.0/s1. The predicted molar refractivity (Wildman–Crippen MR) is 169 cm³/mol. The average Bonchev–Trinajstić information content (AvgIpc) is 3.73. The highest BCUT2D eigenvalue weighted by Crippen LogP contribution is 2.43. The summed E-state index contributed by atoms with van der Waals surface area (Å²) in [5.74, 6) is -0.186. The molecule has 1 aliphatic carbocycles. The van der Waals surface area contributed by atoms with Crippen molar-refractivity contribution in [2.24, 2.45) is 5.92 Å². The quantitative estimate of drug-likeness (QED) is 0.444. The van der Waals surface area contributed by atoms with E-state index in [0.717, 1.165) is 61.4 Å². The highest BCUT2D eigenvalue weighted by atomic mass is 32.1. The maximum atomic E-state index is 13.7. The summed E-state index contributed by atoms with van der Waals surface area (Å²) in [6.07, 6.45) is 2.30. The fourth-order valence-electron chi connectivity index (χ4n) is 6.10. The van der Waals surface area contributed by atoms with Crippen LogP contribution in [0.25, 0.3) is 11.1 Å². The molecule has 1 aromatic carbocycles. The summed E-state index contributed by atoms with van der Waals surface area (Å²) in [7, 11) is 0. The topological polar surface area (TPSA) is 106 Å². The van der Waals surface area contributed by atoms with Gasteiger partial charge in [-0.15, -0.1) is 11.3 Å². The number of nitrogens with zero attached hydrogens (tertiary/aromatic N) is 4. The van der Waals surface area contributed by atoms with E-state index in [1.807, 2.05) is 49.3 Å². The molecule has 0 radical (unpaired) electrons. The summed E-state index contributed by atoms with van der Waals surface area (Å²) in [6, 6.07) is 9.09. The summed E-state index contributed by atoms with van der Waals surface area (Å²) in [4.78, 5) is 43.8. The molecule has 2 aromatic rings. The minimum atomic E-state index is -0.577. The van der Waals surface area contributed by atoms with Crippen molar-refractivity contribution in [1.29, 1.82) is 5.26 Å². The Balaban J connectivity index is 0.000000204. The Hall–Kier alpha value is -3.49. The van der Waals surface area contributed by atoms with Crippen LogP contribution in [-0.2, 0) is 9.53 Å². The number of likely N-dealkylation sites (tertiary alicyclic amines) is 1. The van der Waals surface area contributed by atoms with Crippen LogP contribution in [0.5, 0.6) is 0 Å². The van der Waals surface area contributed by atoms with Gasteiger partial charge in [-0.2, -0.15) is 5.26 Å². The van der Waals surface area contributed by atoms with Gasteiger partial charge in [0.1, 0.15) is 24.0 Å². The van der Waals surface area contributed by atoms with Crippen LogP contribution in [0.4, 0.5) is 9.18 Å². The molecule has 0 spiro atoms. The summed E-state index contributed by atoms with van der Waals surface area (Å²) in [5, 5.41) is 13.0. The molecule has 2 aliphatic heterocycles. The van der Waals surface area contributed by atoms with E-state index in [2.05, 4.69) is 24.1 Å². The van der Waals surface area contributed by atoms with Crippen molar-refractivity contribution in [3.05, 3.63) is 45.9 Å². The van der Waals surface area contributed by atoms with Crippen LogP contribution in [0.15, 0.2) is 29.6 Å². The Bertz CT molecular complexity index is 1390. The van der Waals surface area contributed by atoms with Gasteiger partial charge in [-0.1, -0.05) is 12.1 Å². The summed E-state index contributed by atoms with van der Waals surface area (Å²) in [5.41, 5.74) is 1.78. The van der Waals surface area contributed by atoms with Crippen LogP contribution >= 0.6 is 11.3 Å². The molecule has 5 rings (SSSR count). The van der Waals surface area contributed by atoms with Crippen molar-refractivity contribution in [1.82, 2.24) is 20.0 Å². The second-order valence-corrected chi connectivity index (χ2v) is 13.9. The van der Waals surface area contributed by atoms with E-state index in [-0.39, 0.29) is 36.1 Å². The maximum Gasteiger partial charge on any atom is 0.411 e. The van der Waals surface area contributed by atoms with Gasteiger partial charge in [-0.3, -0.25) is 19.4 Å². The molecular weight excluding hydrogens is 581 g/mol. The third kappa shape index (κ3) is 7.96. The monoisotopic (exact) mass is 625 g/mol. The second kappa shape index (κ2) is 14.1. The van der Waals surface area contributed by atoms with Crippen LogP contribution in [0.1, 0.15) is 69.1 Å². The first-order valence-corrected chi connectivity index (χ1v) is 16.2. The number of hydrogen-bond acceptors (Lipinski definition) is 7. The molecule has 3 aliphatic rings. The Morgan fingerprint density at radius 1 is 1.11 bits per heavy atom. The predicted octanol–water partition coefficient (Wildman–Crippen LogP) is 5.44. The van der Waals surface area contributed by atoms with Crippen molar-refractivity contribution in [2.75, 3.05) is 32.7 Å². The molecule has 3 atom stereocenters. The normalized spacial score (nSPS) is 21.5. The molecule has 11 heteroatoms. The second-order valence-electron chi connectivity index (χ2n) is 13.0. The van der Waals surface area contributed by atoms with Gasteiger partial charge in [-0.05, 0) is 101 Å². The molecule has 1 saturated carbocycles. The number of halogens is 1. The molecule has 238 valence electrons. The van der Waals surface area contributed by atoms with E-state index in [1.165, 1.54) is 17.4 Å². The largest absolute Gasteiger partial charge is 0.444 e. The van der Waals surface area contributed by atoms with Crippen LogP contribution in [0, 0.1) is 30.0 Å². The number of piperazine rings is 1. The highest BCUT2D eigenvalue weighted by Gasteiger charge is 2.52. The van der Waals surface area contributed by atoms with Crippen LogP contribution < -0.4 is 5.32 Å². The number of thiophene rings is 1. The van der Waals surface area contributed by atoms with Crippen molar-refractivity contribution >= 4 is 29.2 Å². The van der Waals surface area contributed by atoms with Crippen LogP contribution in [0.2, 0.25) is 0 Å². The van der Waals surface area contributed by atoms with Crippen molar-refractivity contribution in [3.63, 3.8) is 0 Å². The number of rotatable bonds is 5. The van der Waals surface area contributed by atoms with Gasteiger partial charge < -0.3 is 15.0 Å². The fourth-order valence-corrected chi connectivity index (χ4v) is 6.99. The number of carbonyl (C=O) groups excluding carboxylic acids is 3. The van der Waals surface area contributed by atoms with Crippen LogP contribution in [0.3, 0.4) is 0 Å². The Kier molecular flexibility index (Phi) is 10.7. The first kappa shape index (κ1) is 33.4. The van der Waals surface area contributed by atoms with Crippen LogP contribution in [-0.4, -0.2) is 89.1 Å². The fraction of sp³-hybridized carbons (Fsp3) is 0.576. The third-order valence-corrected chi connectivity index (χ3v) is 9.37. The number of nitrogens with one attached hydrogen (secondary N) is 1. The number of fused-ring (bicyclic) bond motifs is 2. The summed E-state index contributed by atoms with van der Waals surface area (Å²) >= 11 is 1.44. The van der Waals surface area contributed by atoms with E-state index in [1.54, 1.807) is 17.9 Å². The highest BCUT2D eigenvalue weighted by molar-refractivity contribution is 7.12. The lowest BCUT2D eigenvalue weighted by Crippen LogP contribution is -2.53. The van der Waals surface area contributed by atoms with Gasteiger partial charge in [-0.25, -0.2) is 9.18 Å². The smallest absolute Gasteiger partial charge is 0.411 e. The summed E-state index contributed by atoms with van der Waals surface area (Å²) in [6.45, 7) is 14.9. The van der Waals surface area contributed by atoms with E-state index in [0.29, 0.717) is 11.6 Å². The van der Waals surface area contributed by atoms with Gasteiger partial charge in [0.25, 0.3) is 5.91 Å². The van der Waals surface area contributed by atoms with Crippen molar-refractivity contribution in [2.45, 2.75) is 84.5 Å². The molecule has 3 heterocycles. The minimum absolute atomic E-state index is 0.0329. The van der Waals surface area contributed by atoms with Gasteiger partial charge in [0.05, 0.1) is 10.9 Å². The van der Waals surface area contributed by atoms with Gasteiger partial charge in [0.15, 0.2) is 0 Å². The SMILES string of the molecule is CC(C)(C)OC(=O)N1[C@@H]2CC[C@@H](C2)[C@H]1C(=O)NCC#N.Cc1ccc(-c2csc(C(=O)N3CCN(C(C)C)CC3)c2)cc1F. The lowest BCUT2D eigenvalue weighted by Gasteiger charge is -2.36. The van der Waals surface area contributed by atoms with E-state index in [9.17, 15) is 18.8 Å². The Morgan fingerprint density at radius 2 is 1.82 bits per heavy atom. The molecule has 44 heavy (non-hydrogen) atoms. The number of nitriles is 1. The molecule has 2 bridgehead atoms.